The van der Waals surface area contributed by atoms with Crippen LogP contribution in [0.4, 0.5) is 5.82 Å². The minimum Gasteiger partial charge on any atom is -0.479 e. The molecular formula is C20H16N4O5S. The highest BCUT2D eigenvalue weighted by Crippen LogP contribution is 2.40. The van der Waals surface area contributed by atoms with Gasteiger partial charge in [-0.2, -0.15) is 0 Å². The van der Waals surface area contributed by atoms with E-state index in [9.17, 15) is 19.5 Å². The Balaban J connectivity index is 1.67. The molecule has 1 atom stereocenters. The molecule has 0 aliphatic carbocycles. The molecule has 3 aromatic rings. The van der Waals surface area contributed by atoms with E-state index in [0.29, 0.717) is 28.1 Å². The summed E-state index contributed by atoms with van der Waals surface area (Å²) in [7, 11) is 0. The number of aliphatic carboxylic acids is 2. The molecule has 2 aromatic heterocycles. The van der Waals surface area contributed by atoms with Crippen LogP contribution in [0.1, 0.15) is 22.0 Å². The zero-order valence-corrected chi connectivity index (χ0v) is 16.3. The summed E-state index contributed by atoms with van der Waals surface area (Å²) in [5, 5.41) is 22.1. The fourth-order valence-electron chi connectivity index (χ4n) is 3.33. The van der Waals surface area contributed by atoms with Gasteiger partial charge in [-0.25, -0.2) is 19.6 Å². The van der Waals surface area contributed by atoms with Gasteiger partial charge in [-0.3, -0.25) is 4.79 Å². The van der Waals surface area contributed by atoms with Crippen molar-refractivity contribution >= 4 is 45.2 Å². The van der Waals surface area contributed by atoms with Crippen molar-refractivity contribution in [1.29, 1.82) is 0 Å². The second-order valence-corrected chi connectivity index (χ2v) is 7.68. The normalized spacial score (nSPS) is 14.1. The van der Waals surface area contributed by atoms with E-state index in [0.717, 1.165) is 22.6 Å². The van der Waals surface area contributed by atoms with Gasteiger partial charge in [0.05, 0.1) is 11.9 Å². The molecule has 0 fully saturated rings. The first-order chi connectivity index (χ1) is 14.4. The van der Waals surface area contributed by atoms with Crippen molar-refractivity contribution in [3.8, 4) is 0 Å². The summed E-state index contributed by atoms with van der Waals surface area (Å²) in [6.45, 7) is 0.600. The summed E-state index contributed by atoms with van der Waals surface area (Å²) in [4.78, 5) is 46.4. The standard InChI is InChI=1S/C20H16N4O5S/c25-14(6-7-15(26)27)24-8-12-13(9-24)30-19-16(12)18(21-10-22-19)23-17(20(28)29)11-4-2-1-3-5-11/h1-7,10,17H,8-9H2,(H,26,27)(H,28,29)(H,21,22,23). The maximum Gasteiger partial charge on any atom is 0.330 e. The number of amides is 1. The van der Waals surface area contributed by atoms with Crippen LogP contribution in [0.25, 0.3) is 10.2 Å². The Hall–Kier alpha value is -3.79. The number of carbonyl (C=O) groups excluding carboxylic acids is 1. The van der Waals surface area contributed by atoms with Gasteiger partial charge in [-0.05, 0) is 5.56 Å². The number of hydrogen-bond acceptors (Lipinski definition) is 7. The largest absolute Gasteiger partial charge is 0.479 e. The van der Waals surface area contributed by atoms with E-state index < -0.39 is 23.9 Å². The van der Waals surface area contributed by atoms with E-state index in [-0.39, 0.29) is 6.54 Å². The van der Waals surface area contributed by atoms with Crippen molar-refractivity contribution in [2.24, 2.45) is 0 Å². The monoisotopic (exact) mass is 424 g/mol. The zero-order valence-electron chi connectivity index (χ0n) is 15.5. The highest BCUT2D eigenvalue weighted by Gasteiger charge is 2.30. The van der Waals surface area contributed by atoms with Crippen LogP contribution in [0.3, 0.4) is 0 Å². The Morgan fingerprint density at radius 3 is 2.57 bits per heavy atom. The number of carboxylic acids is 2. The quantitative estimate of drug-likeness (QED) is 0.514. The molecule has 0 spiro atoms. The first kappa shape index (κ1) is 19.5. The lowest BCUT2D eigenvalue weighted by Crippen LogP contribution is -2.23. The molecule has 0 saturated carbocycles. The molecule has 1 aliphatic heterocycles. The molecule has 0 radical (unpaired) electrons. The predicted molar refractivity (Wildman–Crippen MR) is 109 cm³/mol. The Morgan fingerprint density at radius 1 is 1.10 bits per heavy atom. The van der Waals surface area contributed by atoms with Crippen LogP contribution in [0, 0.1) is 0 Å². The smallest absolute Gasteiger partial charge is 0.330 e. The Labute approximate surface area is 174 Å². The molecule has 4 rings (SSSR count). The van der Waals surface area contributed by atoms with Crippen molar-refractivity contribution in [2.75, 3.05) is 5.32 Å². The van der Waals surface area contributed by atoms with Gasteiger partial charge >= 0.3 is 11.9 Å². The number of nitrogens with zero attached hydrogens (tertiary/aromatic N) is 3. The Kier molecular flexibility index (Phi) is 5.15. The number of benzene rings is 1. The number of aromatic nitrogens is 2. The first-order valence-electron chi connectivity index (χ1n) is 8.93. The summed E-state index contributed by atoms with van der Waals surface area (Å²) in [5.74, 6) is -2.27. The van der Waals surface area contributed by atoms with Crippen LogP contribution in [0.5, 0.6) is 0 Å². The molecule has 30 heavy (non-hydrogen) atoms. The second-order valence-electron chi connectivity index (χ2n) is 6.60. The van der Waals surface area contributed by atoms with Crippen molar-refractivity contribution < 1.29 is 24.6 Å². The maximum absolute atomic E-state index is 12.2. The number of fused-ring (bicyclic) bond motifs is 3. The number of nitrogens with one attached hydrogen (secondary N) is 1. The van der Waals surface area contributed by atoms with Gasteiger partial charge in [0.2, 0.25) is 5.91 Å². The summed E-state index contributed by atoms with van der Waals surface area (Å²) in [5.41, 5.74) is 1.42. The van der Waals surface area contributed by atoms with E-state index in [4.69, 9.17) is 5.11 Å². The number of hydrogen-bond donors (Lipinski definition) is 3. The molecule has 1 unspecified atom stereocenters. The van der Waals surface area contributed by atoms with Crippen LogP contribution in [0.2, 0.25) is 0 Å². The minimum absolute atomic E-state index is 0.267. The molecule has 1 aromatic carbocycles. The average molecular weight is 424 g/mol. The molecular weight excluding hydrogens is 408 g/mol. The molecule has 152 valence electrons. The zero-order chi connectivity index (χ0) is 21.3. The van der Waals surface area contributed by atoms with Crippen LogP contribution in [-0.2, 0) is 27.5 Å². The lowest BCUT2D eigenvalue weighted by atomic mass is 10.1. The molecule has 0 bridgehead atoms. The third-order valence-electron chi connectivity index (χ3n) is 4.70. The van der Waals surface area contributed by atoms with E-state index in [1.165, 1.54) is 22.6 Å². The lowest BCUT2D eigenvalue weighted by Gasteiger charge is -2.17. The van der Waals surface area contributed by atoms with E-state index >= 15 is 0 Å². The number of anilines is 1. The number of carboxylic acid groups (broad SMARTS) is 2. The predicted octanol–water partition coefficient (Wildman–Crippen LogP) is 2.41. The fraction of sp³-hybridized carbons (Fsp3) is 0.150. The number of thiophene rings is 1. The third-order valence-corrected chi connectivity index (χ3v) is 5.82. The lowest BCUT2D eigenvalue weighted by molar-refractivity contribution is -0.138. The van der Waals surface area contributed by atoms with Gasteiger partial charge in [0, 0.05) is 29.1 Å². The molecule has 3 N–H and O–H groups in total. The van der Waals surface area contributed by atoms with Crippen molar-refractivity contribution in [3.05, 3.63) is 64.8 Å². The molecule has 9 nitrogen and oxygen atoms in total. The van der Waals surface area contributed by atoms with Gasteiger partial charge in [0.1, 0.15) is 17.0 Å². The van der Waals surface area contributed by atoms with Gasteiger partial charge in [-0.1, -0.05) is 30.3 Å². The number of carbonyl (C=O) groups is 3. The van der Waals surface area contributed by atoms with E-state index in [1.54, 1.807) is 30.3 Å². The van der Waals surface area contributed by atoms with Crippen LogP contribution in [-0.4, -0.2) is 42.9 Å². The minimum atomic E-state index is -1.19. The fourth-order valence-corrected chi connectivity index (χ4v) is 4.50. The molecule has 0 saturated heterocycles. The SMILES string of the molecule is O=C(O)C=CC(=O)N1Cc2sc3ncnc(NC(C(=O)O)c4ccccc4)c3c2C1. The van der Waals surface area contributed by atoms with Gasteiger partial charge in [-0.15, -0.1) is 11.3 Å². The van der Waals surface area contributed by atoms with Crippen molar-refractivity contribution in [1.82, 2.24) is 14.9 Å². The highest BCUT2D eigenvalue weighted by atomic mass is 32.1. The summed E-state index contributed by atoms with van der Waals surface area (Å²) in [6, 6.07) is 7.77. The third kappa shape index (κ3) is 3.72. The maximum atomic E-state index is 12.2. The van der Waals surface area contributed by atoms with Crippen LogP contribution < -0.4 is 5.32 Å². The molecule has 1 aliphatic rings. The van der Waals surface area contributed by atoms with Crippen LogP contribution >= 0.6 is 11.3 Å². The van der Waals surface area contributed by atoms with Gasteiger partial charge in [0.25, 0.3) is 0 Å². The summed E-state index contributed by atoms with van der Waals surface area (Å²) in [6.07, 6.45) is 3.20. The van der Waals surface area contributed by atoms with E-state index in [1.807, 2.05) is 0 Å². The van der Waals surface area contributed by atoms with E-state index in [2.05, 4.69) is 15.3 Å². The summed E-state index contributed by atoms with van der Waals surface area (Å²) < 4.78 is 0. The van der Waals surface area contributed by atoms with Crippen molar-refractivity contribution in [2.45, 2.75) is 19.1 Å². The molecule has 10 heteroatoms. The molecule has 1 amide bonds. The number of rotatable bonds is 6. The van der Waals surface area contributed by atoms with Gasteiger partial charge in [0.15, 0.2) is 6.04 Å². The van der Waals surface area contributed by atoms with Gasteiger partial charge < -0.3 is 20.4 Å². The Bertz CT molecular complexity index is 1170. The Morgan fingerprint density at radius 2 is 1.87 bits per heavy atom. The van der Waals surface area contributed by atoms with Crippen LogP contribution in [0.15, 0.2) is 48.8 Å². The highest BCUT2D eigenvalue weighted by molar-refractivity contribution is 7.19. The molecule has 3 heterocycles. The summed E-state index contributed by atoms with van der Waals surface area (Å²) >= 11 is 1.40. The van der Waals surface area contributed by atoms with Crippen molar-refractivity contribution in [3.63, 3.8) is 0 Å². The first-order valence-corrected chi connectivity index (χ1v) is 9.75. The topological polar surface area (TPSA) is 133 Å². The second kappa shape index (κ2) is 7.91. The average Bonchev–Trinajstić information content (AvgIpc) is 3.28.